The van der Waals surface area contributed by atoms with Crippen LogP contribution in [0.25, 0.3) is 0 Å². The maximum atomic E-state index is 14.0. The van der Waals surface area contributed by atoms with E-state index >= 15 is 0 Å². The number of methoxy groups -OCH3 is 1. The molecule has 9 heteroatoms. The van der Waals surface area contributed by atoms with Gasteiger partial charge in [0.2, 0.25) is 0 Å². The molecule has 0 radical (unpaired) electrons. The predicted octanol–water partition coefficient (Wildman–Crippen LogP) is 4.02. The van der Waals surface area contributed by atoms with E-state index in [1.54, 1.807) is 18.2 Å². The number of alkyl halides is 2. The Morgan fingerprint density at radius 3 is 2.57 bits per heavy atom. The van der Waals surface area contributed by atoms with E-state index in [4.69, 9.17) is 9.47 Å². The summed E-state index contributed by atoms with van der Waals surface area (Å²) in [6, 6.07) is 8.96. The van der Waals surface area contributed by atoms with Gasteiger partial charge >= 0.3 is 6.61 Å². The lowest BCUT2D eigenvalue weighted by Crippen LogP contribution is -2.30. The third-order valence-corrected chi connectivity index (χ3v) is 3.67. The molecule has 6 nitrogen and oxygen atoms in total. The van der Waals surface area contributed by atoms with Crippen molar-refractivity contribution in [2.24, 2.45) is 4.99 Å². The van der Waals surface area contributed by atoms with E-state index in [9.17, 15) is 13.2 Å². The molecule has 2 rings (SSSR count). The molecule has 0 aliphatic heterocycles. The summed E-state index contributed by atoms with van der Waals surface area (Å²) in [6.07, 6.45) is 0. The normalized spacial score (nSPS) is 11.3. The second-order valence-corrected chi connectivity index (χ2v) is 5.44. The molecule has 28 heavy (non-hydrogen) atoms. The van der Waals surface area contributed by atoms with Crippen molar-refractivity contribution in [2.45, 2.75) is 20.1 Å². The molecule has 152 valence electrons. The van der Waals surface area contributed by atoms with Crippen molar-refractivity contribution in [3.05, 3.63) is 47.8 Å². The quantitative estimate of drug-likeness (QED) is 0.520. The number of nitrogens with zero attached hydrogens (tertiary/aromatic N) is 1. The van der Waals surface area contributed by atoms with Crippen LogP contribution in [0, 0.1) is 5.82 Å². The molecule has 0 saturated carbocycles. The van der Waals surface area contributed by atoms with Gasteiger partial charge in [-0.3, -0.25) is 4.99 Å². The summed E-state index contributed by atoms with van der Waals surface area (Å²) in [5.74, 6) is 0.532. The number of aliphatic imine (C=N–C) groups is 1. The minimum Gasteiger partial charge on any atom is -0.493 e. The largest absolute Gasteiger partial charge is 0.493 e. The van der Waals surface area contributed by atoms with E-state index in [1.165, 1.54) is 32.4 Å². The van der Waals surface area contributed by atoms with Gasteiger partial charge in [-0.1, -0.05) is 6.07 Å². The third-order valence-electron chi connectivity index (χ3n) is 3.67. The Hall–Kier alpha value is -3.10. The molecule has 0 aliphatic carbocycles. The zero-order valence-electron chi connectivity index (χ0n) is 15.8. The molecule has 0 unspecified atom stereocenters. The highest BCUT2D eigenvalue weighted by molar-refractivity contribution is 5.93. The Balaban J connectivity index is 2.10. The number of nitrogens with one attached hydrogen (secondary N) is 2. The number of anilines is 1. The van der Waals surface area contributed by atoms with Crippen LogP contribution in [0.4, 0.5) is 18.9 Å². The number of ether oxygens (including phenoxy) is 3. The van der Waals surface area contributed by atoms with Crippen LogP contribution in [-0.2, 0) is 6.54 Å². The highest BCUT2D eigenvalue weighted by atomic mass is 19.3. The monoisotopic (exact) mass is 397 g/mol. The molecule has 2 N–H and O–H groups in total. The molecular weight excluding hydrogens is 375 g/mol. The van der Waals surface area contributed by atoms with Gasteiger partial charge in [0.15, 0.2) is 17.5 Å². The molecule has 2 aromatic rings. The average molecular weight is 397 g/mol. The summed E-state index contributed by atoms with van der Waals surface area (Å²) in [4.78, 5) is 4.04. The Labute approximate surface area is 161 Å². The van der Waals surface area contributed by atoms with Gasteiger partial charge in [-0.15, -0.1) is 0 Å². The van der Waals surface area contributed by atoms with Crippen LogP contribution in [0.15, 0.2) is 41.4 Å². The Morgan fingerprint density at radius 1 is 1.14 bits per heavy atom. The first-order valence-electron chi connectivity index (χ1n) is 8.49. The van der Waals surface area contributed by atoms with Gasteiger partial charge in [-0.2, -0.15) is 8.78 Å². The van der Waals surface area contributed by atoms with Crippen molar-refractivity contribution in [3.63, 3.8) is 0 Å². The summed E-state index contributed by atoms with van der Waals surface area (Å²) in [5.41, 5.74) is 0.612. The van der Waals surface area contributed by atoms with Crippen molar-refractivity contribution in [1.82, 2.24) is 5.32 Å². The minimum absolute atomic E-state index is 0.0324. The van der Waals surface area contributed by atoms with Gasteiger partial charge in [0, 0.05) is 30.9 Å². The summed E-state index contributed by atoms with van der Waals surface area (Å²) in [6.45, 7) is -0.790. The van der Waals surface area contributed by atoms with Gasteiger partial charge in [0.25, 0.3) is 0 Å². The predicted molar refractivity (Wildman–Crippen MR) is 101 cm³/mol. The first kappa shape index (κ1) is 21.2. The number of hydrogen-bond acceptors (Lipinski definition) is 4. The molecule has 0 heterocycles. The third kappa shape index (κ3) is 5.70. The maximum Gasteiger partial charge on any atom is 0.387 e. The van der Waals surface area contributed by atoms with Crippen molar-refractivity contribution in [3.8, 4) is 17.2 Å². The molecule has 2 aromatic carbocycles. The fraction of sp³-hybridized carbons (Fsp3) is 0.316. The van der Waals surface area contributed by atoms with Gasteiger partial charge < -0.3 is 24.8 Å². The number of benzene rings is 2. The molecule has 0 saturated heterocycles. The van der Waals surface area contributed by atoms with Gasteiger partial charge in [-0.25, -0.2) is 4.39 Å². The topological polar surface area (TPSA) is 64.1 Å². The molecule has 0 aromatic heterocycles. The molecule has 0 aliphatic rings. The van der Waals surface area contributed by atoms with Crippen LogP contribution in [0.5, 0.6) is 17.2 Å². The van der Waals surface area contributed by atoms with Crippen molar-refractivity contribution >= 4 is 11.6 Å². The van der Waals surface area contributed by atoms with E-state index in [0.717, 1.165) is 0 Å². The number of guanidine groups is 1. The lowest BCUT2D eigenvalue weighted by molar-refractivity contribution is -0.0506. The molecule has 0 fully saturated rings. The summed E-state index contributed by atoms with van der Waals surface area (Å²) in [5, 5.41) is 5.88. The van der Waals surface area contributed by atoms with Gasteiger partial charge in [0.05, 0.1) is 13.7 Å². The lowest BCUT2D eigenvalue weighted by atomic mass is 10.2. The van der Waals surface area contributed by atoms with E-state index in [2.05, 4.69) is 20.4 Å². The van der Waals surface area contributed by atoms with Crippen LogP contribution in [0.1, 0.15) is 12.5 Å². The van der Waals surface area contributed by atoms with E-state index in [-0.39, 0.29) is 17.9 Å². The fourth-order valence-corrected chi connectivity index (χ4v) is 2.42. The highest BCUT2D eigenvalue weighted by Crippen LogP contribution is 2.30. The Morgan fingerprint density at radius 2 is 1.93 bits per heavy atom. The van der Waals surface area contributed by atoms with Gasteiger partial charge in [-0.05, 0) is 31.2 Å². The maximum absolute atomic E-state index is 14.0. The van der Waals surface area contributed by atoms with Crippen LogP contribution >= 0.6 is 0 Å². The van der Waals surface area contributed by atoms with Crippen molar-refractivity contribution in [2.75, 3.05) is 26.1 Å². The lowest BCUT2D eigenvalue weighted by Gasteiger charge is -2.16. The van der Waals surface area contributed by atoms with E-state index < -0.39 is 12.4 Å². The number of hydrogen-bond donors (Lipinski definition) is 2. The molecular formula is C19H22F3N3O3. The van der Waals surface area contributed by atoms with E-state index in [0.29, 0.717) is 29.8 Å². The standard InChI is InChI=1S/C19H22F3N3O3/c1-4-27-16-9-8-12(10-17(16)26-3)25-19(23-2)24-11-13-14(20)6-5-7-15(13)28-18(21)22/h5-10,18H,4,11H2,1-3H3,(H2,23,24,25). The molecule has 0 atom stereocenters. The van der Waals surface area contributed by atoms with Gasteiger partial charge in [0.1, 0.15) is 11.6 Å². The molecule has 0 bridgehead atoms. The average Bonchev–Trinajstić information content (AvgIpc) is 2.67. The SMILES string of the molecule is CCOc1ccc(NC(=NC)NCc2c(F)cccc2OC(F)F)cc1OC. The summed E-state index contributed by atoms with van der Waals surface area (Å²) in [7, 11) is 3.05. The van der Waals surface area contributed by atoms with Crippen LogP contribution in [0.2, 0.25) is 0 Å². The number of halogens is 3. The first-order valence-corrected chi connectivity index (χ1v) is 8.49. The number of rotatable bonds is 8. The second kappa shape index (κ2) is 10.3. The van der Waals surface area contributed by atoms with Crippen LogP contribution in [-0.4, -0.2) is 33.3 Å². The Kier molecular flexibility index (Phi) is 7.79. The minimum atomic E-state index is -3.05. The fourth-order valence-electron chi connectivity index (χ4n) is 2.42. The zero-order chi connectivity index (χ0) is 20.5. The Bertz CT molecular complexity index is 816. The zero-order valence-corrected chi connectivity index (χ0v) is 15.8. The molecule has 0 amide bonds. The first-order chi connectivity index (χ1) is 13.5. The highest BCUT2D eigenvalue weighted by Gasteiger charge is 2.14. The van der Waals surface area contributed by atoms with E-state index in [1.807, 2.05) is 6.92 Å². The van der Waals surface area contributed by atoms with Crippen molar-refractivity contribution < 1.29 is 27.4 Å². The van der Waals surface area contributed by atoms with Crippen LogP contribution < -0.4 is 24.8 Å². The van der Waals surface area contributed by atoms with Crippen molar-refractivity contribution in [1.29, 1.82) is 0 Å². The second-order valence-electron chi connectivity index (χ2n) is 5.44. The van der Waals surface area contributed by atoms with Crippen LogP contribution in [0.3, 0.4) is 0 Å². The summed E-state index contributed by atoms with van der Waals surface area (Å²) >= 11 is 0. The molecule has 0 spiro atoms. The summed E-state index contributed by atoms with van der Waals surface area (Å²) < 4.78 is 54.2. The smallest absolute Gasteiger partial charge is 0.387 e.